The van der Waals surface area contributed by atoms with E-state index in [1.807, 2.05) is 0 Å². The summed E-state index contributed by atoms with van der Waals surface area (Å²) in [6, 6.07) is -4.07. The van der Waals surface area contributed by atoms with Gasteiger partial charge in [0, 0.05) is 5.75 Å². The Morgan fingerprint density at radius 2 is 1.44 bits per heavy atom. The van der Waals surface area contributed by atoms with Gasteiger partial charge in [0.1, 0.15) is 12.1 Å². The molecule has 3 unspecified atom stereocenters. The first-order valence-electron chi connectivity index (χ1n) is 7.51. The minimum atomic E-state index is -1.46. The van der Waals surface area contributed by atoms with Crippen LogP contribution >= 0.6 is 12.6 Å². The average Bonchev–Trinajstić information content (AvgIpc) is 2.55. The minimum Gasteiger partial charge on any atom is -0.480 e. The van der Waals surface area contributed by atoms with E-state index in [0.717, 1.165) is 0 Å². The molecule has 0 aromatic heterocycles. The van der Waals surface area contributed by atoms with Gasteiger partial charge in [0.15, 0.2) is 0 Å². The molecule has 27 heavy (non-hydrogen) atoms. The molecule has 10 N–H and O–H groups in total. The van der Waals surface area contributed by atoms with E-state index in [0.29, 0.717) is 0 Å². The molecule has 0 saturated heterocycles. The Morgan fingerprint density at radius 1 is 0.889 bits per heavy atom. The fourth-order valence-electron chi connectivity index (χ4n) is 1.72. The van der Waals surface area contributed by atoms with Crippen LogP contribution in [0.25, 0.3) is 0 Å². The normalized spacial score (nSPS) is 13.6. The van der Waals surface area contributed by atoms with Crippen LogP contribution in [0.15, 0.2) is 0 Å². The van der Waals surface area contributed by atoms with E-state index in [4.69, 9.17) is 22.3 Å². The Balaban J connectivity index is 4.79. The van der Waals surface area contributed by atoms with Crippen molar-refractivity contribution in [1.82, 2.24) is 16.0 Å². The number of nitrogens with two attached hydrogens (primary N) is 3. The predicted octanol–water partition coefficient (Wildman–Crippen LogP) is -4.84. The van der Waals surface area contributed by atoms with Crippen molar-refractivity contribution in [3.05, 3.63) is 0 Å². The molecule has 13 nitrogen and oxygen atoms in total. The molecule has 0 saturated carbocycles. The Kier molecular flexibility index (Phi) is 10.4. The second kappa shape index (κ2) is 11.7. The first-order chi connectivity index (χ1) is 12.5. The number of carboxylic acids is 1. The molecule has 0 spiro atoms. The molecule has 3 atom stereocenters. The lowest BCUT2D eigenvalue weighted by Crippen LogP contribution is -2.55. The first-order valence-corrected chi connectivity index (χ1v) is 8.14. The van der Waals surface area contributed by atoms with Gasteiger partial charge in [-0.15, -0.1) is 0 Å². The number of rotatable bonds is 12. The zero-order valence-corrected chi connectivity index (χ0v) is 15.0. The number of primary amides is 2. The van der Waals surface area contributed by atoms with Crippen molar-refractivity contribution in [2.24, 2.45) is 17.2 Å². The number of nitrogens with one attached hydrogen (secondary N) is 3. The van der Waals surface area contributed by atoms with E-state index < -0.39 is 73.0 Å². The highest BCUT2D eigenvalue weighted by Gasteiger charge is 2.27. The summed E-state index contributed by atoms with van der Waals surface area (Å²) in [6.07, 6.45) is -1.04. The van der Waals surface area contributed by atoms with Crippen molar-refractivity contribution in [2.45, 2.75) is 31.0 Å². The van der Waals surface area contributed by atoms with E-state index in [9.17, 15) is 28.8 Å². The molecule has 0 radical (unpaired) electrons. The lowest BCUT2D eigenvalue weighted by molar-refractivity contribution is -0.141. The van der Waals surface area contributed by atoms with Crippen molar-refractivity contribution < 1.29 is 33.9 Å². The van der Waals surface area contributed by atoms with Crippen LogP contribution in [0.1, 0.15) is 12.8 Å². The minimum absolute atomic E-state index is 0.230. The summed E-state index contributed by atoms with van der Waals surface area (Å²) in [5, 5.41) is 15.2. The molecule has 0 aliphatic heterocycles. The van der Waals surface area contributed by atoms with Crippen molar-refractivity contribution in [3.63, 3.8) is 0 Å². The summed E-state index contributed by atoms with van der Waals surface area (Å²) in [7, 11) is 0. The van der Waals surface area contributed by atoms with Crippen molar-refractivity contribution in [2.75, 3.05) is 12.3 Å². The highest BCUT2D eigenvalue weighted by Crippen LogP contribution is 1.96. The second-order valence-corrected chi connectivity index (χ2v) is 5.73. The van der Waals surface area contributed by atoms with Gasteiger partial charge < -0.3 is 38.3 Å². The number of thiol groups is 1. The third-order valence-corrected chi connectivity index (χ3v) is 3.40. The third-order valence-electron chi connectivity index (χ3n) is 3.04. The SMILES string of the molecule is NC(=O)CC(N)C(=O)NCC(=O)NC(CC(N)=O)C(=O)NC(CS)C(=O)O. The maximum absolute atomic E-state index is 12.1. The summed E-state index contributed by atoms with van der Waals surface area (Å²) < 4.78 is 0. The second-order valence-electron chi connectivity index (χ2n) is 5.37. The maximum Gasteiger partial charge on any atom is 0.327 e. The Bertz CT molecular complexity index is 614. The van der Waals surface area contributed by atoms with Crippen molar-refractivity contribution >= 4 is 48.1 Å². The quantitative estimate of drug-likeness (QED) is 0.146. The molecule has 0 aromatic carbocycles. The lowest BCUT2D eigenvalue weighted by atomic mass is 10.1. The zero-order valence-electron chi connectivity index (χ0n) is 14.1. The van der Waals surface area contributed by atoms with Gasteiger partial charge in [-0.2, -0.15) is 12.6 Å². The molecule has 0 aliphatic rings. The van der Waals surface area contributed by atoms with Gasteiger partial charge in [0.2, 0.25) is 29.5 Å². The van der Waals surface area contributed by atoms with Crippen LogP contribution < -0.4 is 33.2 Å². The van der Waals surface area contributed by atoms with Gasteiger partial charge in [-0.25, -0.2) is 4.79 Å². The summed E-state index contributed by atoms with van der Waals surface area (Å²) in [4.78, 5) is 68.2. The number of carbonyl (C=O) groups is 6. The standard InChI is InChI=1S/C13H22N6O7S/c14-5(1-8(15)20)11(23)17-3-10(22)18-6(2-9(16)21)12(24)19-7(4-27)13(25)26/h5-7,27H,1-4,14H2,(H2,15,20)(H2,16,21)(H,17,23)(H,18,22)(H,19,24)(H,25,26). The average molecular weight is 406 g/mol. The van der Waals surface area contributed by atoms with Crippen molar-refractivity contribution in [1.29, 1.82) is 0 Å². The van der Waals surface area contributed by atoms with Crippen molar-refractivity contribution in [3.8, 4) is 0 Å². The maximum atomic E-state index is 12.1. The monoisotopic (exact) mass is 406 g/mol. The van der Waals surface area contributed by atoms with Crippen LogP contribution in [-0.2, 0) is 28.8 Å². The van der Waals surface area contributed by atoms with Crippen LogP contribution in [0, 0.1) is 0 Å². The van der Waals surface area contributed by atoms with Gasteiger partial charge in [-0.3, -0.25) is 24.0 Å². The molecule has 5 amide bonds. The summed E-state index contributed by atoms with van der Waals surface area (Å²) in [5.41, 5.74) is 15.3. The van der Waals surface area contributed by atoms with Gasteiger partial charge >= 0.3 is 5.97 Å². The number of hydrogen-bond donors (Lipinski definition) is 8. The molecule has 0 heterocycles. The van der Waals surface area contributed by atoms with E-state index in [1.165, 1.54) is 0 Å². The Hall–Kier alpha value is -2.87. The number of amides is 5. The molecule has 0 rings (SSSR count). The highest BCUT2D eigenvalue weighted by molar-refractivity contribution is 7.80. The van der Waals surface area contributed by atoms with Crippen LogP contribution in [0.5, 0.6) is 0 Å². The van der Waals surface area contributed by atoms with Crippen LogP contribution in [0.3, 0.4) is 0 Å². The summed E-state index contributed by atoms with van der Waals surface area (Å²) in [6.45, 7) is -0.622. The van der Waals surface area contributed by atoms with Gasteiger partial charge in [-0.05, 0) is 0 Å². The summed E-state index contributed by atoms with van der Waals surface area (Å²) >= 11 is 3.77. The fourth-order valence-corrected chi connectivity index (χ4v) is 1.97. The van der Waals surface area contributed by atoms with Crippen LogP contribution in [0.4, 0.5) is 0 Å². The molecule has 0 aliphatic carbocycles. The van der Waals surface area contributed by atoms with E-state index >= 15 is 0 Å². The molecule has 0 bridgehead atoms. The van der Waals surface area contributed by atoms with E-state index in [-0.39, 0.29) is 5.75 Å². The molecule has 14 heteroatoms. The number of carbonyl (C=O) groups excluding carboxylic acids is 5. The van der Waals surface area contributed by atoms with Gasteiger partial charge in [-0.1, -0.05) is 0 Å². The smallest absolute Gasteiger partial charge is 0.327 e. The first kappa shape index (κ1) is 24.1. The third kappa shape index (κ3) is 10.0. The lowest BCUT2D eigenvalue weighted by Gasteiger charge is -2.20. The highest BCUT2D eigenvalue weighted by atomic mass is 32.1. The Morgan fingerprint density at radius 3 is 1.89 bits per heavy atom. The Labute approximate surface area is 159 Å². The number of hydrogen-bond acceptors (Lipinski definition) is 8. The topological polar surface area (TPSA) is 237 Å². The fraction of sp³-hybridized carbons (Fsp3) is 0.538. The number of aliphatic carboxylic acids is 1. The summed E-state index contributed by atoms with van der Waals surface area (Å²) in [5.74, 6) is -6.02. The number of carboxylic acid groups (broad SMARTS) is 1. The predicted molar refractivity (Wildman–Crippen MR) is 94.0 cm³/mol. The largest absolute Gasteiger partial charge is 0.480 e. The van der Waals surface area contributed by atoms with Crippen LogP contribution in [-0.4, -0.2) is 71.0 Å². The molecule has 0 fully saturated rings. The van der Waals surface area contributed by atoms with E-state index in [2.05, 4.69) is 28.6 Å². The van der Waals surface area contributed by atoms with E-state index in [1.54, 1.807) is 0 Å². The molecule has 152 valence electrons. The van der Waals surface area contributed by atoms with Crippen LogP contribution in [0.2, 0.25) is 0 Å². The van der Waals surface area contributed by atoms with Gasteiger partial charge in [0.25, 0.3) is 0 Å². The zero-order chi connectivity index (χ0) is 21.1. The molecular weight excluding hydrogens is 384 g/mol. The molecule has 0 aromatic rings. The van der Waals surface area contributed by atoms with Gasteiger partial charge in [0.05, 0.1) is 25.4 Å². The molecular formula is C13H22N6O7S.